The molecule has 12 heavy (non-hydrogen) atoms. The van der Waals surface area contributed by atoms with E-state index in [-0.39, 0.29) is 5.54 Å². The zero-order valence-corrected chi connectivity index (χ0v) is 8.63. The monoisotopic (exact) mass is 169 g/mol. The van der Waals surface area contributed by atoms with Gasteiger partial charge in [0, 0.05) is 26.5 Å². The molecule has 0 heterocycles. The average molecular weight is 169 g/mol. The lowest BCUT2D eigenvalue weighted by atomic mass is 10.1. The molecule has 3 nitrogen and oxygen atoms in total. The van der Waals surface area contributed by atoms with Crippen molar-refractivity contribution in [3.8, 4) is 0 Å². The largest absolute Gasteiger partial charge is 0.327 e. The molecule has 1 N–H and O–H groups in total. The molecule has 0 aliphatic rings. The maximum atomic E-state index is 4.28. The lowest BCUT2D eigenvalue weighted by molar-refractivity contribution is 0.343. The summed E-state index contributed by atoms with van der Waals surface area (Å²) in [5.41, 5.74) is 3.01. The second-order valence-electron chi connectivity index (χ2n) is 3.83. The van der Waals surface area contributed by atoms with Crippen molar-refractivity contribution < 1.29 is 0 Å². The van der Waals surface area contributed by atoms with E-state index in [4.69, 9.17) is 0 Å². The van der Waals surface area contributed by atoms with Crippen molar-refractivity contribution in [2.24, 2.45) is 4.99 Å². The first kappa shape index (κ1) is 11.2. The highest BCUT2D eigenvalue weighted by molar-refractivity contribution is 5.71. The number of nitrogens with one attached hydrogen (secondary N) is 1. The Morgan fingerprint density at radius 3 is 2.25 bits per heavy atom. The van der Waals surface area contributed by atoms with Gasteiger partial charge in [-0.3, -0.25) is 4.99 Å². The number of nitrogens with zero attached hydrogens (tertiary/aromatic N) is 2. The minimum atomic E-state index is 0.0163. The molecule has 0 aromatic rings. The topological polar surface area (TPSA) is 27.6 Å². The number of rotatable bonds is 3. The van der Waals surface area contributed by atoms with Crippen molar-refractivity contribution in [3.63, 3.8) is 0 Å². The number of hydrogen-bond donors (Lipinski definition) is 1. The van der Waals surface area contributed by atoms with E-state index in [2.05, 4.69) is 31.2 Å². The third-order valence-corrected chi connectivity index (χ3v) is 0.977. The summed E-state index contributed by atoms with van der Waals surface area (Å²) in [5.74, 6) is 0. The van der Waals surface area contributed by atoms with E-state index in [1.54, 1.807) is 6.21 Å². The summed E-state index contributed by atoms with van der Waals surface area (Å²) in [5, 5.41) is 1.86. The molecule has 0 spiro atoms. The van der Waals surface area contributed by atoms with E-state index in [1.165, 1.54) is 0 Å². The molecule has 0 amide bonds. The molecule has 0 rings (SSSR count). The Labute approximate surface area is 75.1 Å². The highest BCUT2D eigenvalue weighted by Crippen LogP contribution is 2.03. The van der Waals surface area contributed by atoms with Gasteiger partial charge in [-0.2, -0.15) is 0 Å². The summed E-state index contributed by atoms with van der Waals surface area (Å²) in [7, 11) is 3.87. The summed E-state index contributed by atoms with van der Waals surface area (Å²) in [6.45, 7) is 6.20. The quantitative estimate of drug-likeness (QED) is 0.511. The summed E-state index contributed by atoms with van der Waals surface area (Å²) < 4.78 is 0. The van der Waals surface area contributed by atoms with Gasteiger partial charge in [-0.05, 0) is 26.8 Å². The van der Waals surface area contributed by atoms with Crippen LogP contribution in [0.3, 0.4) is 0 Å². The van der Waals surface area contributed by atoms with Gasteiger partial charge in [-0.1, -0.05) is 0 Å². The van der Waals surface area contributed by atoms with Gasteiger partial charge in [0.2, 0.25) is 0 Å². The van der Waals surface area contributed by atoms with Crippen molar-refractivity contribution in [1.29, 1.82) is 0 Å². The van der Waals surface area contributed by atoms with Gasteiger partial charge in [0.1, 0.15) is 0 Å². The molecule has 0 unspecified atom stereocenters. The van der Waals surface area contributed by atoms with Gasteiger partial charge in [0.15, 0.2) is 0 Å². The van der Waals surface area contributed by atoms with Crippen LogP contribution in [-0.2, 0) is 0 Å². The van der Waals surface area contributed by atoms with E-state index < -0.39 is 0 Å². The van der Waals surface area contributed by atoms with E-state index in [0.717, 1.165) is 0 Å². The fourth-order valence-corrected chi connectivity index (χ4v) is 0.502. The van der Waals surface area contributed by atoms with Gasteiger partial charge in [-0.15, -0.1) is 0 Å². The molecule has 0 bridgehead atoms. The summed E-state index contributed by atoms with van der Waals surface area (Å²) in [4.78, 5) is 4.28. The van der Waals surface area contributed by atoms with E-state index in [9.17, 15) is 0 Å². The van der Waals surface area contributed by atoms with Crippen LogP contribution < -0.4 is 5.43 Å². The lowest BCUT2D eigenvalue weighted by Crippen LogP contribution is -2.24. The van der Waals surface area contributed by atoms with Crippen LogP contribution in [0.5, 0.6) is 0 Å². The van der Waals surface area contributed by atoms with Crippen LogP contribution in [0.25, 0.3) is 0 Å². The van der Waals surface area contributed by atoms with Crippen molar-refractivity contribution in [3.05, 3.63) is 12.3 Å². The van der Waals surface area contributed by atoms with Crippen molar-refractivity contribution in [1.82, 2.24) is 10.4 Å². The molecule has 70 valence electrons. The smallest absolute Gasteiger partial charge is 0.0524 e. The number of allylic oxidation sites excluding steroid dienone is 1. The van der Waals surface area contributed by atoms with E-state index >= 15 is 0 Å². The molecule has 3 heteroatoms. The molecule has 0 aliphatic heterocycles. The number of hydrazine groups is 1. The molecule has 0 aromatic carbocycles. The van der Waals surface area contributed by atoms with Crippen LogP contribution in [0.15, 0.2) is 17.3 Å². The average Bonchev–Trinajstić information content (AvgIpc) is 1.83. The molecular weight excluding hydrogens is 150 g/mol. The fraction of sp³-hybridized carbons (Fsp3) is 0.667. The van der Waals surface area contributed by atoms with Crippen LogP contribution in [0, 0.1) is 0 Å². The zero-order valence-electron chi connectivity index (χ0n) is 8.63. The predicted octanol–water partition coefficient (Wildman–Crippen LogP) is 1.44. The molecule has 0 fully saturated rings. The minimum absolute atomic E-state index is 0.0163. The van der Waals surface area contributed by atoms with Gasteiger partial charge >= 0.3 is 0 Å². The van der Waals surface area contributed by atoms with Crippen molar-refractivity contribution in [2.45, 2.75) is 26.3 Å². The molecule has 0 saturated carbocycles. The zero-order chi connectivity index (χ0) is 9.61. The normalized spacial score (nSPS) is 13.5. The molecule has 0 radical (unpaired) electrons. The summed E-state index contributed by atoms with van der Waals surface area (Å²) >= 11 is 0. The highest BCUT2D eigenvalue weighted by atomic mass is 15.5. The van der Waals surface area contributed by atoms with Gasteiger partial charge in [0.05, 0.1) is 5.54 Å². The van der Waals surface area contributed by atoms with Crippen LogP contribution in [0.2, 0.25) is 0 Å². The van der Waals surface area contributed by atoms with Gasteiger partial charge < -0.3 is 5.43 Å². The van der Waals surface area contributed by atoms with Crippen LogP contribution >= 0.6 is 0 Å². The van der Waals surface area contributed by atoms with Gasteiger partial charge in [-0.25, -0.2) is 5.01 Å². The molecule has 0 atom stereocenters. The van der Waals surface area contributed by atoms with Crippen molar-refractivity contribution in [2.75, 3.05) is 14.1 Å². The fourth-order valence-electron chi connectivity index (χ4n) is 0.502. The maximum Gasteiger partial charge on any atom is 0.0524 e. The minimum Gasteiger partial charge on any atom is -0.327 e. The Balaban J connectivity index is 3.67. The van der Waals surface area contributed by atoms with Crippen molar-refractivity contribution >= 4 is 6.21 Å². The second kappa shape index (κ2) is 4.93. The molecule has 0 aliphatic carbocycles. The molecule has 0 aromatic heterocycles. The summed E-state index contributed by atoms with van der Waals surface area (Å²) in [6, 6.07) is 0. The third kappa shape index (κ3) is 9.17. The van der Waals surface area contributed by atoms with E-state index in [0.29, 0.717) is 0 Å². The number of aliphatic imine (C=N–C) groups is 1. The maximum absolute atomic E-state index is 4.28. The standard InChI is InChI=1S/C9H19N3/c1-9(2,3)10-7-6-8-11-12(4)5/h6-8,11H,1-5H3/b8-6+,10-7?. The Morgan fingerprint density at radius 1 is 1.25 bits per heavy atom. The van der Waals surface area contributed by atoms with Crippen LogP contribution in [0.1, 0.15) is 20.8 Å². The van der Waals surface area contributed by atoms with Crippen LogP contribution in [-0.4, -0.2) is 30.9 Å². The Bertz CT molecular complexity index is 163. The first-order chi connectivity index (χ1) is 5.42. The third-order valence-electron chi connectivity index (χ3n) is 0.977. The first-order valence-electron chi connectivity index (χ1n) is 4.06. The highest BCUT2D eigenvalue weighted by Gasteiger charge is 2.02. The first-order valence-corrected chi connectivity index (χ1v) is 4.06. The predicted molar refractivity (Wildman–Crippen MR) is 54.2 cm³/mol. The Hall–Kier alpha value is -0.830. The molecular formula is C9H19N3. The Kier molecular flexibility index (Phi) is 4.59. The molecule has 0 saturated heterocycles. The van der Waals surface area contributed by atoms with Gasteiger partial charge in [0.25, 0.3) is 0 Å². The SMILES string of the molecule is CN(C)N/C=C/C=NC(C)(C)C. The van der Waals surface area contributed by atoms with E-state index in [1.807, 2.05) is 31.4 Å². The van der Waals surface area contributed by atoms with Crippen LogP contribution in [0.4, 0.5) is 0 Å². The number of hydrogen-bond acceptors (Lipinski definition) is 3. The summed E-state index contributed by atoms with van der Waals surface area (Å²) in [6.07, 6.45) is 5.52. The second-order valence-corrected chi connectivity index (χ2v) is 3.83. The Morgan fingerprint density at radius 2 is 1.83 bits per heavy atom. The lowest BCUT2D eigenvalue weighted by Gasteiger charge is -2.10.